The van der Waals surface area contributed by atoms with Gasteiger partial charge in [0.1, 0.15) is 5.01 Å². The van der Waals surface area contributed by atoms with Gasteiger partial charge in [-0.1, -0.05) is 32.0 Å². The van der Waals surface area contributed by atoms with E-state index in [9.17, 15) is 13.2 Å². The van der Waals surface area contributed by atoms with Crippen molar-refractivity contribution < 1.29 is 13.2 Å². The van der Waals surface area contributed by atoms with Crippen LogP contribution in [0.15, 0.2) is 40.7 Å². The summed E-state index contributed by atoms with van der Waals surface area (Å²) in [4.78, 5) is 7.72. The first-order valence-electron chi connectivity index (χ1n) is 8.57. The van der Waals surface area contributed by atoms with E-state index in [0.717, 1.165) is 22.4 Å². The number of thiazole rings is 1. The smallest absolute Gasteiger partial charge is 0.380 e. The number of halogens is 4. The molecule has 0 bridgehead atoms. The average molecular weight is 527 g/mol. The van der Waals surface area contributed by atoms with Gasteiger partial charge in [-0.05, 0) is 18.1 Å². The Balaban J connectivity index is 0.00000392. The van der Waals surface area contributed by atoms with Crippen LogP contribution in [-0.2, 0) is 12.7 Å². The molecule has 0 amide bonds. The molecule has 28 heavy (non-hydrogen) atoms. The predicted octanol–water partition coefficient (Wildman–Crippen LogP) is 4.58. The Labute approximate surface area is 184 Å². The Hall–Kier alpha value is -1.56. The molecular formula is C18H25F3IN5S. The maximum atomic E-state index is 12.6. The van der Waals surface area contributed by atoms with Gasteiger partial charge in [-0.2, -0.15) is 13.2 Å². The first kappa shape index (κ1) is 24.5. The number of nitrogens with one attached hydrogen (secondary N) is 3. The van der Waals surface area contributed by atoms with E-state index in [4.69, 9.17) is 0 Å². The zero-order chi connectivity index (χ0) is 19.9. The number of hydrogen-bond donors (Lipinski definition) is 3. The highest BCUT2D eigenvalue weighted by atomic mass is 127. The summed E-state index contributed by atoms with van der Waals surface area (Å²) in [6.07, 6.45) is -4.41. The van der Waals surface area contributed by atoms with Gasteiger partial charge in [0.15, 0.2) is 11.7 Å². The summed E-state index contributed by atoms with van der Waals surface area (Å²) in [5.41, 5.74) is 0.169. The lowest BCUT2D eigenvalue weighted by Crippen LogP contribution is -2.44. The third-order valence-corrected chi connectivity index (χ3v) is 4.74. The molecule has 0 aliphatic carbocycles. The molecule has 0 spiro atoms. The van der Waals surface area contributed by atoms with E-state index in [1.54, 1.807) is 7.05 Å². The van der Waals surface area contributed by atoms with Crippen molar-refractivity contribution in [2.75, 3.05) is 18.9 Å². The minimum atomic E-state index is -4.41. The summed E-state index contributed by atoms with van der Waals surface area (Å²) in [5, 5.41) is 11.1. The van der Waals surface area contributed by atoms with Crippen molar-refractivity contribution in [3.8, 4) is 0 Å². The van der Waals surface area contributed by atoms with E-state index >= 15 is 0 Å². The molecule has 2 aromatic rings. The van der Waals surface area contributed by atoms with Crippen molar-refractivity contribution in [3.05, 3.63) is 46.4 Å². The highest BCUT2D eigenvalue weighted by Gasteiger charge is 2.33. The van der Waals surface area contributed by atoms with Gasteiger partial charge in [0, 0.05) is 30.7 Å². The fourth-order valence-corrected chi connectivity index (χ4v) is 3.05. The van der Waals surface area contributed by atoms with Crippen LogP contribution in [0.4, 0.5) is 18.9 Å². The van der Waals surface area contributed by atoms with Crippen molar-refractivity contribution in [1.82, 2.24) is 15.6 Å². The van der Waals surface area contributed by atoms with Crippen molar-refractivity contribution >= 4 is 47.0 Å². The lowest BCUT2D eigenvalue weighted by molar-refractivity contribution is -0.140. The van der Waals surface area contributed by atoms with Crippen LogP contribution in [0.25, 0.3) is 0 Å². The molecule has 1 aromatic carbocycles. The predicted molar refractivity (Wildman–Crippen MR) is 119 cm³/mol. The van der Waals surface area contributed by atoms with Crippen molar-refractivity contribution in [2.24, 2.45) is 10.9 Å². The van der Waals surface area contributed by atoms with Crippen molar-refractivity contribution in [2.45, 2.75) is 32.6 Å². The lowest BCUT2D eigenvalue weighted by atomic mass is 10.0. The van der Waals surface area contributed by atoms with Gasteiger partial charge in [0.25, 0.3) is 0 Å². The first-order valence-corrected chi connectivity index (χ1v) is 9.45. The maximum absolute atomic E-state index is 12.6. The summed E-state index contributed by atoms with van der Waals surface area (Å²) in [6, 6.07) is 10.1. The molecule has 3 N–H and O–H groups in total. The Morgan fingerprint density at radius 3 is 2.39 bits per heavy atom. The molecular weight excluding hydrogens is 502 g/mol. The zero-order valence-corrected chi connectivity index (χ0v) is 19.0. The normalized spacial score (nSPS) is 13.0. The molecule has 1 unspecified atom stereocenters. The number of benzene rings is 1. The van der Waals surface area contributed by atoms with Gasteiger partial charge in [-0.25, -0.2) is 4.98 Å². The Kier molecular flexibility index (Phi) is 10.0. The van der Waals surface area contributed by atoms with Gasteiger partial charge < -0.3 is 16.0 Å². The Bertz CT molecular complexity index is 734. The SMILES string of the molecule is CN=C(NCc1nc(C(F)(F)F)cs1)NCC(Nc1ccccc1)C(C)C.I. The highest BCUT2D eigenvalue weighted by Crippen LogP contribution is 2.29. The van der Waals surface area contributed by atoms with Crippen LogP contribution in [0.1, 0.15) is 24.5 Å². The number of guanidine groups is 1. The zero-order valence-electron chi connectivity index (χ0n) is 15.9. The number of nitrogens with zero attached hydrogens (tertiary/aromatic N) is 2. The number of hydrogen-bond acceptors (Lipinski definition) is 4. The van der Waals surface area contributed by atoms with E-state index in [0.29, 0.717) is 23.4 Å². The van der Waals surface area contributed by atoms with Gasteiger partial charge in [-0.15, -0.1) is 35.3 Å². The van der Waals surface area contributed by atoms with Crippen LogP contribution >= 0.6 is 35.3 Å². The topological polar surface area (TPSA) is 61.3 Å². The van der Waals surface area contributed by atoms with Crippen LogP contribution < -0.4 is 16.0 Å². The molecule has 0 saturated carbocycles. The Morgan fingerprint density at radius 1 is 1.18 bits per heavy atom. The number of rotatable bonds is 7. The largest absolute Gasteiger partial charge is 0.434 e. The number of aliphatic imine (C=N–C) groups is 1. The van der Waals surface area contributed by atoms with Crippen LogP contribution in [0.2, 0.25) is 0 Å². The van der Waals surface area contributed by atoms with Crippen LogP contribution in [0.5, 0.6) is 0 Å². The molecule has 1 atom stereocenters. The van der Waals surface area contributed by atoms with Crippen molar-refractivity contribution in [1.29, 1.82) is 0 Å². The number of para-hydroxylation sites is 1. The standard InChI is InChI=1S/C18H24F3N5S.HI/c1-12(2)14(25-13-7-5-4-6-8-13)9-23-17(22-3)24-10-16-26-15(11-27-16)18(19,20)21;/h4-8,11-12,14,25H,9-10H2,1-3H3,(H2,22,23,24);1H. The monoisotopic (exact) mass is 527 g/mol. The number of alkyl halides is 3. The quantitative estimate of drug-likeness (QED) is 0.280. The molecule has 0 radical (unpaired) electrons. The number of aromatic nitrogens is 1. The molecule has 0 aliphatic rings. The summed E-state index contributed by atoms with van der Waals surface area (Å²) >= 11 is 0.971. The lowest BCUT2D eigenvalue weighted by Gasteiger charge is -2.25. The number of anilines is 1. The van der Waals surface area contributed by atoms with E-state index in [1.165, 1.54) is 0 Å². The third-order valence-electron chi connectivity index (χ3n) is 3.89. The molecule has 2 rings (SSSR count). The van der Waals surface area contributed by atoms with Gasteiger partial charge >= 0.3 is 6.18 Å². The minimum Gasteiger partial charge on any atom is -0.380 e. The highest BCUT2D eigenvalue weighted by molar-refractivity contribution is 14.0. The summed E-state index contributed by atoms with van der Waals surface area (Å²) in [7, 11) is 1.62. The molecule has 5 nitrogen and oxygen atoms in total. The molecule has 0 saturated heterocycles. The second-order valence-electron chi connectivity index (χ2n) is 6.29. The summed E-state index contributed by atoms with van der Waals surface area (Å²) < 4.78 is 37.8. The van der Waals surface area contributed by atoms with Crippen LogP contribution in [-0.4, -0.2) is 30.6 Å². The molecule has 0 aliphatic heterocycles. The van der Waals surface area contributed by atoms with Gasteiger partial charge in [-0.3, -0.25) is 4.99 Å². The first-order chi connectivity index (χ1) is 12.8. The average Bonchev–Trinajstić information content (AvgIpc) is 3.11. The summed E-state index contributed by atoms with van der Waals surface area (Å²) in [5.74, 6) is 0.878. The molecule has 1 aromatic heterocycles. The molecule has 0 fully saturated rings. The van der Waals surface area contributed by atoms with E-state index in [2.05, 4.69) is 39.8 Å². The van der Waals surface area contributed by atoms with Crippen LogP contribution in [0, 0.1) is 5.92 Å². The van der Waals surface area contributed by atoms with E-state index < -0.39 is 11.9 Å². The van der Waals surface area contributed by atoms with Gasteiger partial charge in [0.2, 0.25) is 0 Å². The molecule has 1 heterocycles. The second kappa shape index (κ2) is 11.4. The van der Waals surface area contributed by atoms with E-state index in [1.807, 2.05) is 30.3 Å². The molecule has 10 heteroatoms. The third kappa shape index (κ3) is 7.82. The minimum absolute atomic E-state index is 0. The summed E-state index contributed by atoms with van der Waals surface area (Å²) in [6.45, 7) is 5.02. The fourth-order valence-electron chi connectivity index (χ4n) is 2.31. The maximum Gasteiger partial charge on any atom is 0.434 e. The van der Waals surface area contributed by atoms with Crippen molar-refractivity contribution in [3.63, 3.8) is 0 Å². The van der Waals surface area contributed by atoms with E-state index in [-0.39, 0.29) is 36.6 Å². The molecule has 156 valence electrons. The van der Waals surface area contributed by atoms with Gasteiger partial charge in [0.05, 0.1) is 6.54 Å². The second-order valence-corrected chi connectivity index (χ2v) is 7.23. The van der Waals surface area contributed by atoms with Crippen LogP contribution in [0.3, 0.4) is 0 Å². The Morgan fingerprint density at radius 2 is 1.86 bits per heavy atom. The fraction of sp³-hybridized carbons (Fsp3) is 0.444.